The molecule has 0 aromatic rings. The van der Waals surface area contributed by atoms with Crippen LogP contribution in [0.4, 0.5) is 4.79 Å². The summed E-state index contributed by atoms with van der Waals surface area (Å²) in [5.74, 6) is -1.22. The van der Waals surface area contributed by atoms with Gasteiger partial charge in [-0.3, -0.25) is 4.79 Å². The zero-order valence-electron chi connectivity index (χ0n) is 33.8. The summed E-state index contributed by atoms with van der Waals surface area (Å²) in [6.45, 7) is 6.19. The molecule has 0 fully saturated rings. The molecule has 0 aromatic carbocycles. The fourth-order valence-electron chi connectivity index (χ4n) is 6.08. The smallest absolute Gasteiger partial charge is 0.410 e. The van der Waals surface area contributed by atoms with Crippen LogP contribution < -0.4 is 0 Å². The van der Waals surface area contributed by atoms with E-state index in [4.69, 9.17) is 14.2 Å². The van der Waals surface area contributed by atoms with E-state index in [9.17, 15) is 14.4 Å². The number of carbonyl (C=O) groups is 3. The Morgan fingerprint density at radius 2 is 0.800 bits per heavy atom. The molecule has 50 heavy (non-hydrogen) atoms. The summed E-state index contributed by atoms with van der Waals surface area (Å²) in [5.41, 5.74) is 0. The number of unbranched alkanes of at least 4 members (excludes halogenated alkanes) is 26. The molecule has 8 nitrogen and oxygen atoms in total. The highest BCUT2D eigenvalue weighted by atomic mass is 16.6. The molecule has 0 aliphatic carbocycles. The van der Waals surface area contributed by atoms with Crippen LogP contribution in [0.15, 0.2) is 0 Å². The van der Waals surface area contributed by atoms with Gasteiger partial charge in [-0.15, -0.1) is 0 Å². The van der Waals surface area contributed by atoms with Crippen molar-refractivity contribution < 1.29 is 28.6 Å². The van der Waals surface area contributed by atoms with Gasteiger partial charge in [0.1, 0.15) is 0 Å². The first-order valence-electron chi connectivity index (χ1n) is 21.2. The number of likely N-dealkylation sites (N-methyl/N-ethyl adjacent to an activating group) is 2. The Hall–Kier alpha value is -1.83. The van der Waals surface area contributed by atoms with Gasteiger partial charge in [-0.2, -0.15) is 0 Å². The summed E-state index contributed by atoms with van der Waals surface area (Å²) in [6.07, 6.45) is 32.9. The molecule has 1 amide bonds. The molecular formula is C42H82N2O6. The van der Waals surface area contributed by atoms with E-state index in [0.29, 0.717) is 19.7 Å². The van der Waals surface area contributed by atoms with E-state index in [-0.39, 0.29) is 13.0 Å². The quantitative estimate of drug-likeness (QED) is 0.0360. The zero-order valence-corrected chi connectivity index (χ0v) is 33.8. The molecule has 0 aliphatic rings. The third kappa shape index (κ3) is 33.3. The lowest BCUT2D eigenvalue weighted by Gasteiger charge is -2.22. The number of esters is 2. The Labute approximate surface area is 309 Å². The van der Waals surface area contributed by atoms with Gasteiger partial charge in [0.25, 0.3) is 0 Å². The second kappa shape index (κ2) is 36.9. The average molecular weight is 711 g/mol. The Balaban J connectivity index is 4.24. The Bertz CT molecular complexity index is 777. The molecule has 0 aliphatic heterocycles. The predicted molar refractivity (Wildman–Crippen MR) is 209 cm³/mol. The van der Waals surface area contributed by atoms with Gasteiger partial charge in [-0.05, 0) is 26.9 Å². The molecule has 0 aromatic heterocycles. The minimum atomic E-state index is -1.31. The van der Waals surface area contributed by atoms with Crippen LogP contribution in [0, 0.1) is 0 Å². The van der Waals surface area contributed by atoms with Crippen LogP contribution in [-0.2, 0) is 23.8 Å². The first-order chi connectivity index (χ1) is 24.3. The van der Waals surface area contributed by atoms with Gasteiger partial charge in [-0.25, -0.2) is 9.59 Å². The molecule has 0 rings (SSSR count). The van der Waals surface area contributed by atoms with Crippen molar-refractivity contribution in [3.05, 3.63) is 0 Å². The van der Waals surface area contributed by atoms with Gasteiger partial charge in [0, 0.05) is 20.1 Å². The van der Waals surface area contributed by atoms with Gasteiger partial charge in [0.15, 0.2) is 0 Å². The molecule has 296 valence electrons. The monoisotopic (exact) mass is 711 g/mol. The maximum atomic E-state index is 12.9. The van der Waals surface area contributed by atoms with Crippen molar-refractivity contribution in [3.63, 3.8) is 0 Å². The lowest BCUT2D eigenvalue weighted by molar-refractivity contribution is -0.160. The lowest BCUT2D eigenvalue weighted by atomic mass is 10.0. The van der Waals surface area contributed by atoms with Crippen LogP contribution in [0.5, 0.6) is 0 Å². The van der Waals surface area contributed by atoms with E-state index >= 15 is 0 Å². The highest BCUT2D eigenvalue weighted by Gasteiger charge is 2.29. The summed E-state index contributed by atoms with van der Waals surface area (Å²) in [5, 5.41) is 0. The molecule has 0 radical (unpaired) electrons. The number of carbonyl (C=O) groups excluding carboxylic acids is 3. The summed E-state index contributed by atoms with van der Waals surface area (Å²) in [4.78, 5) is 41.6. The van der Waals surface area contributed by atoms with Gasteiger partial charge in [0.2, 0.25) is 6.10 Å². The molecule has 0 heterocycles. The standard InChI is InChI=1S/C42H82N2O6/c1-6-8-10-12-14-16-18-20-22-24-26-28-30-32-36-48-40(45)38-39(50-42(47)44(5)35-34-43(3)4)41(46)49-37-33-31-29-27-25-23-21-19-17-15-13-11-9-7-2/h39H,6-38H2,1-5H3/t39-/m0/s1. The molecule has 0 bridgehead atoms. The van der Waals surface area contributed by atoms with E-state index in [1.54, 1.807) is 7.05 Å². The van der Waals surface area contributed by atoms with Crippen LogP contribution in [0.3, 0.4) is 0 Å². The number of amides is 1. The summed E-state index contributed by atoms with van der Waals surface area (Å²) < 4.78 is 16.4. The van der Waals surface area contributed by atoms with Crippen molar-refractivity contribution >= 4 is 18.0 Å². The van der Waals surface area contributed by atoms with Crippen molar-refractivity contribution in [1.29, 1.82) is 0 Å². The van der Waals surface area contributed by atoms with E-state index in [2.05, 4.69) is 13.8 Å². The zero-order chi connectivity index (χ0) is 36.9. The second-order valence-corrected chi connectivity index (χ2v) is 14.9. The van der Waals surface area contributed by atoms with E-state index in [0.717, 1.165) is 38.5 Å². The van der Waals surface area contributed by atoms with Crippen molar-refractivity contribution in [2.45, 2.75) is 206 Å². The first kappa shape index (κ1) is 48.2. The normalized spacial score (nSPS) is 11.9. The summed E-state index contributed by atoms with van der Waals surface area (Å²) >= 11 is 0. The van der Waals surface area contributed by atoms with Gasteiger partial charge >= 0.3 is 18.0 Å². The van der Waals surface area contributed by atoms with Crippen LogP contribution >= 0.6 is 0 Å². The maximum absolute atomic E-state index is 12.9. The Kier molecular flexibility index (Phi) is 35.6. The summed E-state index contributed by atoms with van der Waals surface area (Å²) in [6, 6.07) is 0. The third-order valence-electron chi connectivity index (χ3n) is 9.56. The first-order valence-corrected chi connectivity index (χ1v) is 21.2. The molecule has 0 saturated carbocycles. The molecular weight excluding hydrogens is 628 g/mol. The SMILES string of the molecule is CCCCCCCCCCCCCCCCOC(=O)C[C@H](OC(=O)N(C)CCN(C)C)C(=O)OCCCCCCCCCCCCCCCC. The second-order valence-electron chi connectivity index (χ2n) is 14.9. The molecule has 0 saturated heterocycles. The lowest BCUT2D eigenvalue weighted by Crippen LogP contribution is -2.39. The molecule has 0 unspecified atom stereocenters. The summed E-state index contributed by atoms with van der Waals surface area (Å²) in [7, 11) is 5.46. The van der Waals surface area contributed by atoms with E-state index in [1.165, 1.54) is 146 Å². The highest BCUT2D eigenvalue weighted by molar-refractivity contribution is 5.84. The fraction of sp³-hybridized carbons (Fsp3) is 0.929. The maximum Gasteiger partial charge on any atom is 0.410 e. The van der Waals surface area contributed by atoms with Gasteiger partial charge in [-0.1, -0.05) is 181 Å². The minimum Gasteiger partial charge on any atom is -0.466 e. The van der Waals surface area contributed by atoms with Crippen molar-refractivity contribution in [2.75, 3.05) is 47.4 Å². The number of hydrogen-bond donors (Lipinski definition) is 0. The molecule has 1 atom stereocenters. The minimum absolute atomic E-state index is 0.259. The third-order valence-corrected chi connectivity index (χ3v) is 9.56. The Morgan fingerprint density at radius 1 is 0.460 bits per heavy atom. The topological polar surface area (TPSA) is 85.4 Å². The van der Waals surface area contributed by atoms with Crippen LogP contribution in [0.25, 0.3) is 0 Å². The molecule has 8 heteroatoms. The van der Waals surface area contributed by atoms with Crippen molar-refractivity contribution in [2.24, 2.45) is 0 Å². The molecule has 0 spiro atoms. The Morgan fingerprint density at radius 3 is 1.16 bits per heavy atom. The van der Waals surface area contributed by atoms with Crippen molar-refractivity contribution in [3.8, 4) is 0 Å². The molecule has 0 N–H and O–H groups in total. The largest absolute Gasteiger partial charge is 0.466 e. The number of hydrogen-bond acceptors (Lipinski definition) is 7. The van der Waals surface area contributed by atoms with E-state index < -0.39 is 24.1 Å². The van der Waals surface area contributed by atoms with Gasteiger partial charge in [0.05, 0.1) is 19.6 Å². The highest BCUT2D eigenvalue weighted by Crippen LogP contribution is 2.15. The van der Waals surface area contributed by atoms with Crippen LogP contribution in [0.2, 0.25) is 0 Å². The predicted octanol–water partition coefficient (Wildman–Crippen LogP) is 11.4. The number of ether oxygens (including phenoxy) is 3. The van der Waals surface area contributed by atoms with E-state index in [1.807, 2.05) is 19.0 Å². The van der Waals surface area contributed by atoms with Crippen LogP contribution in [-0.4, -0.2) is 81.4 Å². The average Bonchev–Trinajstić information content (AvgIpc) is 3.10. The number of nitrogens with zero attached hydrogens (tertiary/aromatic N) is 2. The van der Waals surface area contributed by atoms with Gasteiger partial charge < -0.3 is 24.0 Å². The van der Waals surface area contributed by atoms with Crippen LogP contribution in [0.1, 0.15) is 200 Å². The number of rotatable bonds is 37. The van der Waals surface area contributed by atoms with Crippen molar-refractivity contribution in [1.82, 2.24) is 9.80 Å². The fourth-order valence-corrected chi connectivity index (χ4v) is 6.08.